The normalized spacial score (nSPS) is 11.9. The molecule has 47 heavy (non-hydrogen) atoms. The number of rotatable bonds is 16. The highest BCUT2D eigenvalue weighted by molar-refractivity contribution is 7.13. The van der Waals surface area contributed by atoms with Gasteiger partial charge in [-0.25, -0.2) is 15.0 Å². The molecule has 2 amide bonds. The van der Waals surface area contributed by atoms with Gasteiger partial charge in [0.05, 0.1) is 6.61 Å². The van der Waals surface area contributed by atoms with E-state index in [0.29, 0.717) is 5.82 Å². The first-order valence-electron chi connectivity index (χ1n) is 15.9. The lowest BCUT2D eigenvalue weighted by Gasteiger charge is -2.18. The van der Waals surface area contributed by atoms with Crippen LogP contribution in [-0.2, 0) is 21.4 Å². The summed E-state index contributed by atoms with van der Waals surface area (Å²) >= 11 is 1.26. The zero-order valence-corrected chi connectivity index (χ0v) is 28.2. The number of carboxylic acids is 1. The van der Waals surface area contributed by atoms with Gasteiger partial charge in [0.25, 0.3) is 5.91 Å². The topological polar surface area (TPSA) is 143 Å². The summed E-state index contributed by atoms with van der Waals surface area (Å²) in [4.78, 5) is 51.3. The Kier molecular flexibility index (Phi) is 12.6. The van der Waals surface area contributed by atoms with Gasteiger partial charge < -0.3 is 20.5 Å². The maximum Gasteiger partial charge on any atom is 0.322 e. The molecule has 0 saturated heterocycles. The third kappa shape index (κ3) is 10.7. The van der Waals surface area contributed by atoms with Gasteiger partial charge in [0.2, 0.25) is 5.91 Å². The van der Waals surface area contributed by atoms with Crippen molar-refractivity contribution in [2.75, 3.05) is 13.2 Å². The van der Waals surface area contributed by atoms with Gasteiger partial charge in [-0.1, -0.05) is 89.8 Å². The molecule has 3 N–H and O–H groups in total. The molecule has 0 aliphatic carbocycles. The second-order valence-electron chi connectivity index (χ2n) is 12.4. The summed E-state index contributed by atoms with van der Waals surface area (Å²) in [6.07, 6.45) is 11.4. The number of hydrogen-bond donors (Lipinski definition) is 3. The Bertz CT molecular complexity index is 1610. The molecule has 0 bridgehead atoms. The van der Waals surface area contributed by atoms with Crippen molar-refractivity contribution in [2.45, 2.75) is 77.7 Å². The summed E-state index contributed by atoms with van der Waals surface area (Å²) in [7, 11) is 0. The average Bonchev–Trinajstić information content (AvgIpc) is 3.58. The molecular formula is C36H43N5O5S. The highest BCUT2D eigenvalue weighted by Crippen LogP contribution is 2.28. The molecule has 0 spiro atoms. The van der Waals surface area contributed by atoms with Crippen LogP contribution in [0.3, 0.4) is 0 Å². The van der Waals surface area contributed by atoms with Crippen LogP contribution in [0.25, 0.3) is 22.5 Å². The summed E-state index contributed by atoms with van der Waals surface area (Å²) in [5.74, 6) is -0.876. The number of aliphatic carboxylic acids is 1. The van der Waals surface area contributed by atoms with E-state index in [1.807, 2.05) is 69.3 Å². The molecule has 11 heteroatoms. The Hall–Kier alpha value is -4.64. The second-order valence-corrected chi connectivity index (χ2v) is 13.4. The predicted octanol–water partition coefficient (Wildman–Crippen LogP) is 6.46. The molecular weight excluding hydrogens is 614 g/mol. The molecule has 2 aromatic carbocycles. The predicted molar refractivity (Wildman–Crippen MR) is 184 cm³/mol. The summed E-state index contributed by atoms with van der Waals surface area (Å²) in [5, 5.41) is 14.4. The van der Waals surface area contributed by atoms with E-state index >= 15 is 0 Å². The van der Waals surface area contributed by atoms with Gasteiger partial charge in [0.1, 0.15) is 18.3 Å². The summed E-state index contributed by atoms with van der Waals surface area (Å²) in [5.41, 5.74) is 3.25. The van der Waals surface area contributed by atoms with E-state index in [2.05, 4.69) is 32.5 Å². The monoisotopic (exact) mass is 657 g/mol. The maximum absolute atomic E-state index is 13.0. The molecule has 0 fully saturated rings. The number of unbranched alkanes of at least 4 members (excludes halogenated alkanes) is 4. The average molecular weight is 658 g/mol. The number of nitrogens with one attached hydrogen (secondary N) is 2. The van der Waals surface area contributed by atoms with Crippen LogP contribution in [-0.4, -0.2) is 57.0 Å². The number of carboxylic acid groups (broad SMARTS) is 1. The third-order valence-corrected chi connectivity index (χ3v) is 8.90. The van der Waals surface area contributed by atoms with E-state index in [9.17, 15) is 14.4 Å². The van der Waals surface area contributed by atoms with Crippen LogP contribution in [0.5, 0.6) is 5.75 Å². The Balaban J connectivity index is 1.38. The van der Waals surface area contributed by atoms with Gasteiger partial charge in [-0.15, -0.1) is 11.3 Å². The van der Waals surface area contributed by atoms with Crippen LogP contribution >= 0.6 is 11.3 Å². The van der Waals surface area contributed by atoms with Crippen LogP contribution in [0, 0.1) is 0 Å². The zero-order valence-electron chi connectivity index (χ0n) is 27.4. The number of nitrogens with zero attached hydrogens (tertiary/aromatic N) is 3. The number of aromatic nitrogens is 3. The largest absolute Gasteiger partial charge is 0.494 e. The first-order valence-corrected chi connectivity index (χ1v) is 16.8. The van der Waals surface area contributed by atoms with Crippen molar-refractivity contribution in [1.29, 1.82) is 0 Å². The quantitative estimate of drug-likeness (QED) is 0.117. The maximum atomic E-state index is 13.0. The van der Waals surface area contributed by atoms with E-state index < -0.39 is 30.4 Å². The summed E-state index contributed by atoms with van der Waals surface area (Å²) in [6.45, 7) is 8.46. The fourth-order valence-electron chi connectivity index (χ4n) is 4.73. The summed E-state index contributed by atoms with van der Waals surface area (Å²) in [6, 6.07) is 14.3. The van der Waals surface area contributed by atoms with Crippen molar-refractivity contribution in [1.82, 2.24) is 25.6 Å². The van der Waals surface area contributed by atoms with Crippen molar-refractivity contribution in [3.63, 3.8) is 0 Å². The third-order valence-electron chi connectivity index (χ3n) is 7.48. The van der Waals surface area contributed by atoms with E-state index in [-0.39, 0.29) is 16.8 Å². The minimum Gasteiger partial charge on any atom is -0.494 e. The molecule has 2 aromatic heterocycles. The van der Waals surface area contributed by atoms with Crippen LogP contribution in [0.4, 0.5) is 0 Å². The van der Waals surface area contributed by atoms with Crippen LogP contribution < -0.4 is 15.4 Å². The fraction of sp³-hybridized carbons (Fsp3) is 0.389. The minimum absolute atomic E-state index is 0.146. The van der Waals surface area contributed by atoms with Crippen LogP contribution in [0.1, 0.15) is 80.0 Å². The van der Waals surface area contributed by atoms with E-state index in [4.69, 9.17) is 9.84 Å². The van der Waals surface area contributed by atoms with Crippen molar-refractivity contribution < 1.29 is 24.2 Å². The van der Waals surface area contributed by atoms with E-state index in [1.165, 1.54) is 37.0 Å². The minimum atomic E-state index is -1.18. The van der Waals surface area contributed by atoms with Crippen molar-refractivity contribution in [3.8, 4) is 28.3 Å². The number of ether oxygens (including phenoxy) is 1. The van der Waals surface area contributed by atoms with Gasteiger partial charge >= 0.3 is 5.97 Å². The highest BCUT2D eigenvalue weighted by Gasteiger charge is 2.25. The lowest BCUT2D eigenvalue weighted by atomic mass is 9.96. The molecule has 0 aliphatic rings. The lowest BCUT2D eigenvalue weighted by Crippen LogP contribution is -2.49. The zero-order chi connectivity index (χ0) is 33.8. The Labute approximate surface area is 280 Å². The first-order chi connectivity index (χ1) is 22.5. The van der Waals surface area contributed by atoms with Gasteiger partial charge in [0.15, 0.2) is 10.8 Å². The summed E-state index contributed by atoms with van der Waals surface area (Å²) < 4.78 is 5.87. The Morgan fingerprint density at radius 3 is 2.13 bits per heavy atom. The number of hydrogen-bond acceptors (Lipinski definition) is 8. The molecule has 248 valence electrons. The van der Waals surface area contributed by atoms with Gasteiger partial charge in [-0.05, 0) is 35.1 Å². The van der Waals surface area contributed by atoms with Crippen LogP contribution in [0.2, 0.25) is 0 Å². The van der Waals surface area contributed by atoms with E-state index in [1.54, 1.807) is 18.6 Å². The Morgan fingerprint density at radius 1 is 0.851 bits per heavy atom. The number of benzene rings is 2. The van der Waals surface area contributed by atoms with Crippen molar-refractivity contribution in [3.05, 3.63) is 82.6 Å². The molecule has 10 nitrogen and oxygen atoms in total. The standard InChI is InChI=1S/C36H43N5O5S/c1-5-6-7-8-9-18-46-28-16-14-25(15-17-28)27-20-37-32(38-21-27)26-12-10-24(11-13-26)19-29(33(44)39-23-31(42)43)41-34(45)35-40-22-30(47-35)36(2,3)4/h10-17,20-22,29H,5-9,18-19,23H2,1-4H3,(H,39,44)(H,41,45)(H,42,43). The SMILES string of the molecule is CCCCCCCOc1ccc(-c2cnc(-c3ccc(CC(NC(=O)c4ncc(C(C)(C)C)s4)C(=O)NCC(=O)O)cc3)nc2)cc1. The van der Waals surface area contributed by atoms with Crippen molar-refractivity contribution >= 4 is 29.1 Å². The van der Waals surface area contributed by atoms with Gasteiger partial charge in [-0.3, -0.25) is 14.4 Å². The molecule has 1 unspecified atom stereocenters. The number of amides is 2. The fourth-order valence-corrected chi connectivity index (χ4v) is 5.61. The van der Waals surface area contributed by atoms with E-state index in [0.717, 1.165) is 45.9 Å². The number of thiazole rings is 1. The molecule has 4 rings (SSSR count). The van der Waals surface area contributed by atoms with Gasteiger partial charge in [-0.2, -0.15) is 0 Å². The molecule has 4 aromatic rings. The molecule has 1 atom stereocenters. The number of carbonyl (C=O) groups is 3. The van der Waals surface area contributed by atoms with Crippen molar-refractivity contribution in [2.24, 2.45) is 0 Å². The number of carbonyl (C=O) groups excluding carboxylic acids is 2. The molecule has 2 heterocycles. The Morgan fingerprint density at radius 2 is 1.51 bits per heavy atom. The molecule has 0 saturated carbocycles. The molecule has 0 radical (unpaired) electrons. The molecule has 0 aliphatic heterocycles. The smallest absolute Gasteiger partial charge is 0.322 e. The van der Waals surface area contributed by atoms with Crippen LogP contribution in [0.15, 0.2) is 67.1 Å². The lowest BCUT2D eigenvalue weighted by molar-refractivity contribution is -0.138. The second kappa shape index (κ2) is 16.8. The highest BCUT2D eigenvalue weighted by atomic mass is 32.1. The first kappa shape index (κ1) is 35.2. The van der Waals surface area contributed by atoms with Gasteiger partial charge in [0, 0.05) is 41.0 Å².